The fraction of sp³-hybridized carbons (Fsp3) is 0.586. The zero-order valence-corrected chi connectivity index (χ0v) is 23.3. The van der Waals surface area contributed by atoms with Crippen LogP contribution in [0.15, 0.2) is 24.4 Å². The van der Waals surface area contributed by atoms with Crippen LogP contribution in [0.2, 0.25) is 0 Å². The van der Waals surface area contributed by atoms with Gasteiger partial charge in [0.05, 0.1) is 23.4 Å². The van der Waals surface area contributed by atoms with Gasteiger partial charge in [-0.1, -0.05) is 6.07 Å². The van der Waals surface area contributed by atoms with Crippen LogP contribution in [-0.4, -0.2) is 84.0 Å². The van der Waals surface area contributed by atoms with E-state index in [1.807, 2.05) is 11.0 Å². The highest BCUT2D eigenvalue weighted by atomic mass is 19.1. The fourth-order valence-corrected chi connectivity index (χ4v) is 5.25. The minimum absolute atomic E-state index is 0.0528. The van der Waals surface area contributed by atoms with E-state index in [9.17, 15) is 27.9 Å². The SMILES string of the molecule is CO[C@H](CF)CN(CCCCc1ccc2c(n1)NCCC2)CCC(NC(=O)C1(c2ncc(F)cc2F)CC1)C(=O)O. The molecule has 0 bridgehead atoms. The molecule has 2 aliphatic rings. The average molecular weight is 578 g/mol. The molecule has 2 aromatic heterocycles. The van der Waals surface area contributed by atoms with Crippen molar-refractivity contribution >= 4 is 17.7 Å². The number of carbonyl (C=O) groups excluding carboxylic acids is 1. The van der Waals surface area contributed by atoms with Gasteiger partial charge in [-0.3, -0.25) is 9.78 Å². The number of methoxy groups -OCH3 is 1. The van der Waals surface area contributed by atoms with Gasteiger partial charge in [-0.15, -0.1) is 0 Å². The number of aromatic nitrogens is 2. The van der Waals surface area contributed by atoms with Crippen molar-refractivity contribution in [1.82, 2.24) is 20.2 Å². The maximum absolute atomic E-state index is 14.4. The van der Waals surface area contributed by atoms with Crippen LogP contribution in [0.1, 0.15) is 55.5 Å². The Bertz CT molecular complexity index is 1210. The van der Waals surface area contributed by atoms with E-state index >= 15 is 0 Å². The Morgan fingerprint density at radius 2 is 2.05 bits per heavy atom. The molecular weight excluding hydrogens is 539 g/mol. The predicted molar refractivity (Wildman–Crippen MR) is 146 cm³/mol. The third-order valence-corrected chi connectivity index (χ3v) is 7.86. The normalized spacial score (nSPS) is 16.9. The molecule has 2 atom stereocenters. The van der Waals surface area contributed by atoms with Crippen molar-refractivity contribution in [3.8, 4) is 0 Å². The second kappa shape index (κ2) is 14.1. The number of carboxylic acids is 1. The van der Waals surface area contributed by atoms with Gasteiger partial charge in [0.2, 0.25) is 5.91 Å². The monoisotopic (exact) mass is 577 g/mol. The summed E-state index contributed by atoms with van der Waals surface area (Å²) in [6.07, 6.45) is 5.33. The van der Waals surface area contributed by atoms with Crippen LogP contribution in [0.25, 0.3) is 0 Å². The molecule has 12 heteroatoms. The summed E-state index contributed by atoms with van der Waals surface area (Å²) >= 11 is 0. The molecule has 1 saturated carbocycles. The Morgan fingerprint density at radius 3 is 2.73 bits per heavy atom. The molecule has 0 spiro atoms. The van der Waals surface area contributed by atoms with Crippen LogP contribution in [0.5, 0.6) is 0 Å². The summed E-state index contributed by atoms with van der Waals surface area (Å²) in [7, 11) is 1.43. The molecule has 9 nitrogen and oxygen atoms in total. The summed E-state index contributed by atoms with van der Waals surface area (Å²) in [6, 6.07) is 3.59. The molecule has 224 valence electrons. The molecule has 1 fully saturated rings. The van der Waals surface area contributed by atoms with Gasteiger partial charge >= 0.3 is 5.97 Å². The van der Waals surface area contributed by atoms with E-state index in [-0.39, 0.29) is 38.0 Å². The smallest absolute Gasteiger partial charge is 0.326 e. The first-order valence-corrected chi connectivity index (χ1v) is 14.1. The molecule has 41 heavy (non-hydrogen) atoms. The minimum Gasteiger partial charge on any atom is -0.480 e. The van der Waals surface area contributed by atoms with Gasteiger partial charge in [0.25, 0.3) is 0 Å². The van der Waals surface area contributed by atoms with Crippen LogP contribution in [-0.2, 0) is 32.6 Å². The van der Waals surface area contributed by atoms with Crippen molar-refractivity contribution < 1.29 is 32.6 Å². The Labute approximate surface area is 237 Å². The number of hydrogen-bond acceptors (Lipinski definition) is 7. The Balaban J connectivity index is 1.32. The quantitative estimate of drug-likeness (QED) is 0.260. The molecule has 4 rings (SSSR count). The number of hydrogen-bond donors (Lipinski definition) is 3. The first-order valence-electron chi connectivity index (χ1n) is 14.1. The third kappa shape index (κ3) is 7.94. The van der Waals surface area contributed by atoms with E-state index < -0.39 is 47.7 Å². The lowest BCUT2D eigenvalue weighted by Crippen LogP contribution is -2.48. The summed E-state index contributed by atoms with van der Waals surface area (Å²) in [5.41, 5.74) is 0.741. The number of carbonyl (C=O) groups is 2. The zero-order chi connectivity index (χ0) is 29.4. The van der Waals surface area contributed by atoms with Gasteiger partial charge in [-0.25, -0.2) is 22.9 Å². The maximum atomic E-state index is 14.4. The van der Waals surface area contributed by atoms with E-state index in [0.717, 1.165) is 56.4 Å². The molecule has 1 amide bonds. The van der Waals surface area contributed by atoms with Gasteiger partial charge in [0.1, 0.15) is 30.2 Å². The molecule has 1 unspecified atom stereocenters. The van der Waals surface area contributed by atoms with Gasteiger partial charge in [0, 0.05) is 38.5 Å². The molecule has 0 radical (unpaired) electrons. The van der Waals surface area contributed by atoms with Gasteiger partial charge in [-0.2, -0.15) is 0 Å². The number of alkyl halides is 1. The maximum Gasteiger partial charge on any atom is 0.326 e. The number of nitrogens with one attached hydrogen (secondary N) is 2. The molecule has 3 N–H and O–H groups in total. The number of nitrogens with zero attached hydrogens (tertiary/aromatic N) is 3. The number of anilines is 1. The molecule has 0 aromatic carbocycles. The number of carboxylic acid groups (broad SMARTS) is 1. The lowest BCUT2D eigenvalue weighted by molar-refractivity contribution is -0.142. The van der Waals surface area contributed by atoms with Crippen LogP contribution in [0, 0.1) is 11.6 Å². The highest BCUT2D eigenvalue weighted by Crippen LogP contribution is 2.48. The number of aryl methyl sites for hydroxylation is 2. The van der Waals surface area contributed by atoms with Crippen molar-refractivity contribution in [3.63, 3.8) is 0 Å². The Kier molecular flexibility index (Phi) is 10.5. The van der Waals surface area contributed by atoms with E-state index in [2.05, 4.69) is 21.7 Å². The van der Waals surface area contributed by atoms with Crippen molar-refractivity contribution in [2.75, 3.05) is 45.3 Å². The zero-order valence-electron chi connectivity index (χ0n) is 23.3. The fourth-order valence-electron chi connectivity index (χ4n) is 5.25. The highest BCUT2D eigenvalue weighted by Gasteiger charge is 2.54. The van der Waals surface area contributed by atoms with Crippen LogP contribution < -0.4 is 10.6 Å². The minimum atomic E-state index is -1.30. The number of amides is 1. The lowest BCUT2D eigenvalue weighted by atomic mass is 9.99. The van der Waals surface area contributed by atoms with Crippen LogP contribution in [0.4, 0.5) is 19.0 Å². The van der Waals surface area contributed by atoms with Crippen LogP contribution >= 0.6 is 0 Å². The first kappa shape index (κ1) is 30.7. The summed E-state index contributed by atoms with van der Waals surface area (Å²) in [5.74, 6) is -2.73. The number of fused-ring (bicyclic) bond motifs is 1. The van der Waals surface area contributed by atoms with E-state index in [1.54, 1.807) is 0 Å². The number of halogens is 3. The summed E-state index contributed by atoms with van der Waals surface area (Å²) in [5, 5.41) is 15.7. The Morgan fingerprint density at radius 1 is 1.24 bits per heavy atom. The Hall–Kier alpha value is -3.25. The van der Waals surface area contributed by atoms with Crippen molar-refractivity contribution in [3.05, 3.63) is 53.0 Å². The van der Waals surface area contributed by atoms with Crippen LogP contribution in [0.3, 0.4) is 0 Å². The van der Waals surface area contributed by atoms with E-state index in [1.165, 1.54) is 12.7 Å². The molecule has 1 aliphatic carbocycles. The molecular formula is C29H38F3N5O4. The number of aliphatic carboxylic acids is 1. The summed E-state index contributed by atoms with van der Waals surface area (Å²) in [6.45, 7) is 1.36. The summed E-state index contributed by atoms with van der Waals surface area (Å²) < 4.78 is 46.3. The molecule has 1 aliphatic heterocycles. The van der Waals surface area contributed by atoms with Gasteiger partial charge in [-0.05, 0) is 69.5 Å². The van der Waals surface area contributed by atoms with Gasteiger partial charge in [0.15, 0.2) is 0 Å². The standard InChI is InChI=1S/C29H38F3N5O4/c1-41-22(16-30)18-37(13-3-2-6-21-8-7-19-5-4-12-33-26(19)35-21)14-9-24(27(38)39)36-28(40)29(10-11-29)25-23(32)15-20(31)17-34-25/h7-8,15,17,22,24H,2-6,9-14,16,18H2,1H3,(H,33,35)(H,36,40)(H,38,39)/t22-,24?/m1/s1. The second-order valence-electron chi connectivity index (χ2n) is 10.8. The lowest BCUT2D eigenvalue weighted by Gasteiger charge is -2.27. The third-order valence-electron chi connectivity index (χ3n) is 7.86. The first-order chi connectivity index (χ1) is 19.8. The van der Waals surface area contributed by atoms with Crippen molar-refractivity contribution in [2.24, 2.45) is 0 Å². The molecule has 3 heterocycles. The topological polar surface area (TPSA) is 117 Å². The number of unbranched alkanes of at least 4 members (excludes halogenated alkanes) is 1. The van der Waals surface area contributed by atoms with Crippen molar-refractivity contribution in [1.29, 1.82) is 0 Å². The second-order valence-corrected chi connectivity index (χ2v) is 10.8. The summed E-state index contributed by atoms with van der Waals surface area (Å²) in [4.78, 5) is 35.5. The predicted octanol–water partition coefficient (Wildman–Crippen LogP) is 3.41. The van der Waals surface area contributed by atoms with Gasteiger partial charge < -0.3 is 25.4 Å². The number of rotatable bonds is 16. The number of ether oxygens (including phenoxy) is 1. The largest absolute Gasteiger partial charge is 0.480 e. The van der Waals surface area contributed by atoms with E-state index in [0.29, 0.717) is 12.6 Å². The average Bonchev–Trinajstić information content (AvgIpc) is 3.77. The van der Waals surface area contributed by atoms with Crippen molar-refractivity contribution in [2.45, 2.75) is 68.9 Å². The molecule has 2 aromatic rings. The molecule has 0 saturated heterocycles. The van der Waals surface area contributed by atoms with E-state index in [4.69, 9.17) is 9.72 Å². The highest BCUT2D eigenvalue weighted by molar-refractivity contribution is 5.93. The number of pyridine rings is 2.